The quantitative estimate of drug-likeness (QED) is 0.818. The van der Waals surface area contributed by atoms with Crippen LogP contribution in [0.4, 0.5) is 0 Å². The SMILES string of the molecule is CCN(C1CCC(C)CC1)C1CCC(N)CC1. The summed E-state index contributed by atoms with van der Waals surface area (Å²) in [6.45, 7) is 5.98. The van der Waals surface area contributed by atoms with E-state index in [0.29, 0.717) is 6.04 Å². The highest BCUT2D eigenvalue weighted by atomic mass is 15.2. The summed E-state index contributed by atoms with van der Waals surface area (Å²) in [5.74, 6) is 0.963. The van der Waals surface area contributed by atoms with Gasteiger partial charge in [0.25, 0.3) is 0 Å². The Bertz CT molecular complexity index is 191. The number of nitrogens with zero attached hydrogens (tertiary/aromatic N) is 1. The lowest BCUT2D eigenvalue weighted by atomic mass is 9.84. The molecular weight excluding hydrogens is 208 g/mol. The van der Waals surface area contributed by atoms with Crippen LogP contribution in [-0.4, -0.2) is 29.6 Å². The Labute approximate surface area is 107 Å². The number of nitrogens with two attached hydrogens (primary N) is 1. The van der Waals surface area contributed by atoms with Crippen molar-refractivity contribution in [3.05, 3.63) is 0 Å². The molecule has 100 valence electrons. The van der Waals surface area contributed by atoms with E-state index in [4.69, 9.17) is 5.73 Å². The highest BCUT2D eigenvalue weighted by molar-refractivity contribution is 4.86. The Hall–Kier alpha value is -0.0800. The average Bonchev–Trinajstić information content (AvgIpc) is 2.35. The summed E-state index contributed by atoms with van der Waals surface area (Å²) < 4.78 is 0. The summed E-state index contributed by atoms with van der Waals surface area (Å²) in [5, 5.41) is 0. The summed E-state index contributed by atoms with van der Waals surface area (Å²) in [4.78, 5) is 2.80. The normalized spacial score (nSPS) is 39.5. The van der Waals surface area contributed by atoms with Gasteiger partial charge >= 0.3 is 0 Å². The highest BCUT2D eigenvalue weighted by Crippen LogP contribution is 2.31. The van der Waals surface area contributed by atoms with Gasteiger partial charge in [-0.15, -0.1) is 0 Å². The number of rotatable bonds is 3. The molecule has 2 N–H and O–H groups in total. The molecule has 0 spiro atoms. The first-order valence-electron chi connectivity index (χ1n) is 7.72. The molecule has 0 heterocycles. The van der Waals surface area contributed by atoms with Crippen LogP contribution >= 0.6 is 0 Å². The fourth-order valence-corrected chi connectivity index (χ4v) is 3.82. The standard InChI is InChI=1S/C15H30N2/c1-3-17(14-8-4-12(2)5-9-14)15-10-6-13(16)7-11-15/h12-15H,3-11,16H2,1-2H3. The lowest BCUT2D eigenvalue weighted by Crippen LogP contribution is -2.47. The average molecular weight is 238 g/mol. The molecule has 0 aliphatic heterocycles. The van der Waals surface area contributed by atoms with Gasteiger partial charge in [-0.1, -0.05) is 13.8 Å². The fourth-order valence-electron chi connectivity index (χ4n) is 3.82. The lowest BCUT2D eigenvalue weighted by Gasteiger charge is -2.43. The fraction of sp³-hybridized carbons (Fsp3) is 1.00. The summed E-state index contributed by atoms with van der Waals surface area (Å²) in [5.41, 5.74) is 6.02. The topological polar surface area (TPSA) is 29.3 Å². The van der Waals surface area contributed by atoms with Gasteiger partial charge in [-0.05, 0) is 63.8 Å². The third-order valence-corrected chi connectivity index (χ3v) is 5.03. The Kier molecular flexibility index (Phi) is 4.87. The van der Waals surface area contributed by atoms with Gasteiger partial charge in [0, 0.05) is 18.1 Å². The van der Waals surface area contributed by atoms with Crippen molar-refractivity contribution in [2.45, 2.75) is 83.3 Å². The minimum Gasteiger partial charge on any atom is -0.328 e. The van der Waals surface area contributed by atoms with E-state index >= 15 is 0 Å². The van der Waals surface area contributed by atoms with Crippen LogP contribution in [0.15, 0.2) is 0 Å². The second-order valence-electron chi connectivity index (χ2n) is 6.31. The van der Waals surface area contributed by atoms with Crippen LogP contribution in [-0.2, 0) is 0 Å². The summed E-state index contributed by atoms with van der Waals surface area (Å²) in [7, 11) is 0. The molecule has 2 aliphatic rings. The van der Waals surface area contributed by atoms with Crippen LogP contribution in [0.1, 0.15) is 65.2 Å². The molecule has 2 fully saturated rings. The molecule has 0 saturated heterocycles. The smallest absolute Gasteiger partial charge is 0.00992 e. The molecule has 0 radical (unpaired) electrons. The first-order valence-corrected chi connectivity index (χ1v) is 7.72. The van der Waals surface area contributed by atoms with Crippen LogP contribution < -0.4 is 5.73 Å². The van der Waals surface area contributed by atoms with E-state index in [1.807, 2.05) is 0 Å². The molecule has 2 nitrogen and oxygen atoms in total. The van der Waals surface area contributed by atoms with Gasteiger partial charge in [0.15, 0.2) is 0 Å². The minimum atomic E-state index is 0.483. The van der Waals surface area contributed by atoms with Gasteiger partial charge in [-0.25, -0.2) is 0 Å². The Morgan fingerprint density at radius 1 is 0.882 bits per heavy atom. The summed E-state index contributed by atoms with van der Waals surface area (Å²) >= 11 is 0. The second-order valence-corrected chi connectivity index (χ2v) is 6.31. The van der Waals surface area contributed by atoms with Crippen molar-refractivity contribution in [2.24, 2.45) is 11.7 Å². The number of hydrogen-bond acceptors (Lipinski definition) is 2. The maximum atomic E-state index is 6.02. The van der Waals surface area contributed by atoms with E-state index in [1.54, 1.807) is 0 Å². The molecule has 0 aromatic rings. The van der Waals surface area contributed by atoms with E-state index in [9.17, 15) is 0 Å². The summed E-state index contributed by atoms with van der Waals surface area (Å²) in [6.07, 6.45) is 10.9. The zero-order valence-corrected chi connectivity index (χ0v) is 11.7. The third-order valence-electron chi connectivity index (χ3n) is 5.03. The van der Waals surface area contributed by atoms with Gasteiger partial charge in [0.2, 0.25) is 0 Å². The van der Waals surface area contributed by atoms with E-state index in [2.05, 4.69) is 18.7 Å². The minimum absolute atomic E-state index is 0.483. The molecular formula is C15H30N2. The van der Waals surface area contributed by atoms with E-state index in [0.717, 1.165) is 18.0 Å². The maximum absolute atomic E-state index is 6.02. The third kappa shape index (κ3) is 3.45. The Morgan fingerprint density at radius 3 is 1.82 bits per heavy atom. The first kappa shape index (κ1) is 13.4. The molecule has 0 unspecified atom stereocenters. The van der Waals surface area contributed by atoms with Crippen LogP contribution in [0.5, 0.6) is 0 Å². The van der Waals surface area contributed by atoms with Crippen LogP contribution in [0.3, 0.4) is 0 Å². The van der Waals surface area contributed by atoms with Gasteiger partial charge in [-0.3, -0.25) is 4.90 Å². The van der Waals surface area contributed by atoms with Gasteiger partial charge in [0.1, 0.15) is 0 Å². The summed E-state index contributed by atoms with van der Waals surface area (Å²) in [6, 6.07) is 2.19. The molecule has 0 atom stereocenters. The van der Waals surface area contributed by atoms with Crippen molar-refractivity contribution in [3.63, 3.8) is 0 Å². The molecule has 0 bridgehead atoms. The van der Waals surface area contributed by atoms with Crippen LogP contribution in [0.2, 0.25) is 0 Å². The van der Waals surface area contributed by atoms with E-state index in [-0.39, 0.29) is 0 Å². The molecule has 2 rings (SSSR count). The predicted molar refractivity (Wildman–Crippen MR) is 74.0 cm³/mol. The van der Waals surface area contributed by atoms with Crippen LogP contribution in [0, 0.1) is 5.92 Å². The number of hydrogen-bond donors (Lipinski definition) is 1. The zero-order chi connectivity index (χ0) is 12.3. The lowest BCUT2D eigenvalue weighted by molar-refractivity contribution is 0.0749. The largest absolute Gasteiger partial charge is 0.328 e. The molecule has 17 heavy (non-hydrogen) atoms. The molecule has 0 amide bonds. The molecule has 0 aromatic heterocycles. The van der Waals surface area contributed by atoms with Crippen molar-refractivity contribution < 1.29 is 0 Å². The van der Waals surface area contributed by atoms with Crippen molar-refractivity contribution in [1.82, 2.24) is 4.90 Å². The Morgan fingerprint density at radius 2 is 1.35 bits per heavy atom. The van der Waals surface area contributed by atoms with Crippen molar-refractivity contribution in [3.8, 4) is 0 Å². The van der Waals surface area contributed by atoms with Gasteiger partial charge < -0.3 is 5.73 Å². The van der Waals surface area contributed by atoms with Crippen molar-refractivity contribution >= 4 is 0 Å². The van der Waals surface area contributed by atoms with Gasteiger partial charge in [-0.2, -0.15) is 0 Å². The van der Waals surface area contributed by atoms with E-state index < -0.39 is 0 Å². The monoisotopic (exact) mass is 238 g/mol. The zero-order valence-electron chi connectivity index (χ0n) is 11.7. The first-order chi connectivity index (χ1) is 8.20. The highest BCUT2D eigenvalue weighted by Gasteiger charge is 2.30. The van der Waals surface area contributed by atoms with Gasteiger partial charge in [0.05, 0.1) is 0 Å². The maximum Gasteiger partial charge on any atom is 0.00992 e. The predicted octanol–water partition coefficient (Wildman–Crippen LogP) is 3.16. The van der Waals surface area contributed by atoms with E-state index in [1.165, 1.54) is 57.9 Å². The Balaban J connectivity index is 1.87. The second kappa shape index (κ2) is 6.19. The van der Waals surface area contributed by atoms with Crippen LogP contribution in [0.25, 0.3) is 0 Å². The molecule has 2 saturated carbocycles. The van der Waals surface area contributed by atoms with Crippen molar-refractivity contribution in [2.75, 3.05) is 6.54 Å². The molecule has 0 aromatic carbocycles. The molecule has 2 heteroatoms. The van der Waals surface area contributed by atoms with Crippen molar-refractivity contribution in [1.29, 1.82) is 0 Å². The molecule has 2 aliphatic carbocycles.